The zero-order chi connectivity index (χ0) is 23.2. The summed E-state index contributed by atoms with van der Waals surface area (Å²) in [5.74, 6) is 0.481. The molecule has 0 spiro atoms. The quantitative estimate of drug-likeness (QED) is 0.315. The van der Waals surface area contributed by atoms with Crippen LogP contribution in [0.25, 0.3) is 5.69 Å². The monoisotopic (exact) mass is 442 g/mol. The summed E-state index contributed by atoms with van der Waals surface area (Å²) in [4.78, 5) is 23.5. The van der Waals surface area contributed by atoms with Crippen molar-refractivity contribution in [3.8, 4) is 11.4 Å². The largest absolute Gasteiger partial charge is 0.494 e. The summed E-state index contributed by atoms with van der Waals surface area (Å²) >= 11 is 0. The molecule has 1 N–H and O–H groups in total. The lowest BCUT2D eigenvalue weighted by molar-refractivity contribution is -0.384. The molecule has 0 aliphatic rings. The number of carbonyl (C=O) groups excluding carboxylic acids is 1. The summed E-state index contributed by atoms with van der Waals surface area (Å²) in [6, 6.07) is 22.9. The molecule has 8 heteroatoms. The number of nitrogens with one attached hydrogen (secondary N) is 1. The zero-order valence-electron chi connectivity index (χ0n) is 17.9. The lowest BCUT2D eigenvalue weighted by Crippen LogP contribution is -2.29. The van der Waals surface area contributed by atoms with Crippen LogP contribution in [0.15, 0.2) is 91.3 Å². The molecule has 0 aliphatic carbocycles. The maximum Gasteiger partial charge on any atom is 0.269 e. The predicted octanol–water partition coefficient (Wildman–Crippen LogP) is 4.70. The molecule has 1 amide bonds. The number of rotatable bonds is 8. The highest BCUT2D eigenvalue weighted by atomic mass is 16.6. The summed E-state index contributed by atoms with van der Waals surface area (Å²) in [7, 11) is 0. The minimum Gasteiger partial charge on any atom is -0.494 e. The average molecular weight is 442 g/mol. The van der Waals surface area contributed by atoms with E-state index in [9.17, 15) is 14.9 Å². The molecule has 1 aromatic heterocycles. The molecule has 8 nitrogen and oxygen atoms in total. The first-order valence-corrected chi connectivity index (χ1v) is 10.4. The average Bonchev–Trinajstić information content (AvgIpc) is 3.34. The van der Waals surface area contributed by atoms with Gasteiger partial charge in [-0.25, -0.2) is 4.68 Å². The Hall–Kier alpha value is -4.46. The van der Waals surface area contributed by atoms with E-state index < -0.39 is 4.92 Å². The summed E-state index contributed by atoms with van der Waals surface area (Å²) in [6.07, 6.45) is 3.06. The van der Waals surface area contributed by atoms with Gasteiger partial charge >= 0.3 is 0 Å². The maximum absolute atomic E-state index is 13.1. The summed E-state index contributed by atoms with van der Waals surface area (Å²) in [6.45, 7) is 2.51. The highest BCUT2D eigenvalue weighted by Gasteiger charge is 2.19. The van der Waals surface area contributed by atoms with Crippen molar-refractivity contribution in [2.24, 2.45) is 0 Å². The van der Waals surface area contributed by atoms with E-state index in [-0.39, 0.29) is 17.6 Å². The Morgan fingerprint density at radius 1 is 1.03 bits per heavy atom. The highest BCUT2D eigenvalue weighted by molar-refractivity contribution is 5.94. The summed E-state index contributed by atoms with van der Waals surface area (Å²) < 4.78 is 7.03. The normalized spacial score (nSPS) is 11.5. The zero-order valence-corrected chi connectivity index (χ0v) is 17.9. The molecule has 33 heavy (non-hydrogen) atoms. The van der Waals surface area contributed by atoms with Gasteiger partial charge in [-0.1, -0.05) is 42.5 Å². The van der Waals surface area contributed by atoms with Crippen molar-refractivity contribution in [2.75, 3.05) is 6.61 Å². The van der Waals surface area contributed by atoms with Crippen molar-refractivity contribution in [1.29, 1.82) is 0 Å². The number of nitro benzene ring substituents is 1. The van der Waals surface area contributed by atoms with Gasteiger partial charge in [-0.3, -0.25) is 14.9 Å². The van der Waals surface area contributed by atoms with Crippen LogP contribution in [0.3, 0.4) is 0 Å². The van der Waals surface area contributed by atoms with Gasteiger partial charge in [-0.15, -0.1) is 0 Å². The smallest absolute Gasteiger partial charge is 0.269 e. The molecule has 166 valence electrons. The standard InChI is InChI=1S/C25H22N4O4/c1-2-33-23-14-8-19(9-15-23)24(18-6-4-3-5-7-18)27-25(30)20-16-26-28(17-20)21-10-12-22(13-11-21)29(31)32/h3-17,24H,2H2,1H3,(H,27,30). The second kappa shape index (κ2) is 9.78. The van der Waals surface area contributed by atoms with Crippen LogP contribution in [0.2, 0.25) is 0 Å². The van der Waals surface area contributed by atoms with Crippen LogP contribution in [0.1, 0.15) is 34.5 Å². The van der Waals surface area contributed by atoms with E-state index in [0.29, 0.717) is 17.9 Å². The molecule has 4 aromatic rings. The number of hydrogen-bond donors (Lipinski definition) is 1. The number of nitrogens with zero attached hydrogens (tertiary/aromatic N) is 3. The van der Waals surface area contributed by atoms with E-state index >= 15 is 0 Å². The molecule has 1 unspecified atom stereocenters. The van der Waals surface area contributed by atoms with Gasteiger partial charge in [0.2, 0.25) is 0 Å². The van der Waals surface area contributed by atoms with Crippen molar-refractivity contribution in [3.05, 3.63) is 118 Å². The molecule has 0 radical (unpaired) electrons. The molecule has 1 atom stereocenters. The van der Waals surface area contributed by atoms with E-state index in [1.54, 1.807) is 18.3 Å². The van der Waals surface area contributed by atoms with Crippen LogP contribution in [0, 0.1) is 10.1 Å². The molecule has 0 fully saturated rings. The molecule has 0 saturated carbocycles. The Morgan fingerprint density at radius 3 is 2.33 bits per heavy atom. The van der Waals surface area contributed by atoms with Crippen molar-refractivity contribution in [2.45, 2.75) is 13.0 Å². The van der Waals surface area contributed by atoms with E-state index in [4.69, 9.17) is 4.74 Å². The van der Waals surface area contributed by atoms with Gasteiger partial charge < -0.3 is 10.1 Å². The number of non-ortho nitro benzene ring substituents is 1. The molecule has 0 bridgehead atoms. The minimum absolute atomic E-state index is 0.00932. The fraction of sp³-hybridized carbons (Fsp3) is 0.120. The first kappa shape index (κ1) is 21.8. The second-order valence-electron chi connectivity index (χ2n) is 7.27. The number of hydrogen-bond acceptors (Lipinski definition) is 5. The van der Waals surface area contributed by atoms with E-state index in [2.05, 4.69) is 10.4 Å². The Labute approximate surface area is 190 Å². The van der Waals surface area contributed by atoms with Gasteiger partial charge in [0.05, 0.1) is 35.0 Å². The van der Waals surface area contributed by atoms with Crippen molar-refractivity contribution < 1.29 is 14.5 Å². The number of benzene rings is 3. The maximum atomic E-state index is 13.1. The van der Waals surface area contributed by atoms with Gasteiger partial charge in [0, 0.05) is 18.3 Å². The number of amides is 1. The molecule has 0 saturated heterocycles. The van der Waals surface area contributed by atoms with Crippen LogP contribution >= 0.6 is 0 Å². The lowest BCUT2D eigenvalue weighted by atomic mass is 9.98. The Balaban J connectivity index is 1.56. The van der Waals surface area contributed by atoms with Gasteiger partial charge in [-0.05, 0) is 42.3 Å². The minimum atomic E-state index is -0.462. The second-order valence-corrected chi connectivity index (χ2v) is 7.27. The number of ether oxygens (including phenoxy) is 1. The third kappa shape index (κ3) is 5.07. The van der Waals surface area contributed by atoms with Crippen molar-refractivity contribution >= 4 is 11.6 Å². The summed E-state index contributed by atoms with van der Waals surface area (Å²) in [5, 5.41) is 18.2. The Morgan fingerprint density at radius 2 is 1.70 bits per heavy atom. The molecule has 4 rings (SSSR count). The topological polar surface area (TPSA) is 99.3 Å². The lowest BCUT2D eigenvalue weighted by Gasteiger charge is -2.20. The van der Waals surface area contributed by atoms with Crippen LogP contribution in [0.5, 0.6) is 5.75 Å². The third-order valence-electron chi connectivity index (χ3n) is 5.10. The SMILES string of the molecule is CCOc1ccc(C(NC(=O)c2cnn(-c3ccc([N+](=O)[O-])cc3)c2)c2ccccc2)cc1. The van der Waals surface area contributed by atoms with E-state index in [0.717, 1.165) is 16.9 Å². The first-order chi connectivity index (χ1) is 16.0. The Kier molecular flexibility index (Phi) is 6.45. The predicted molar refractivity (Wildman–Crippen MR) is 124 cm³/mol. The van der Waals surface area contributed by atoms with Gasteiger partial charge in [-0.2, -0.15) is 5.10 Å². The number of nitro groups is 1. The molecular formula is C25H22N4O4. The van der Waals surface area contributed by atoms with E-state index in [1.807, 2.05) is 61.5 Å². The van der Waals surface area contributed by atoms with Crippen LogP contribution in [-0.4, -0.2) is 27.2 Å². The van der Waals surface area contributed by atoms with Gasteiger partial charge in [0.1, 0.15) is 5.75 Å². The molecule has 3 aromatic carbocycles. The van der Waals surface area contributed by atoms with E-state index in [1.165, 1.54) is 23.0 Å². The molecule has 0 aliphatic heterocycles. The number of carbonyl (C=O) groups is 1. The van der Waals surface area contributed by atoms with Crippen molar-refractivity contribution in [3.63, 3.8) is 0 Å². The van der Waals surface area contributed by atoms with Crippen LogP contribution in [0.4, 0.5) is 5.69 Å². The van der Waals surface area contributed by atoms with Gasteiger partial charge in [0.25, 0.3) is 11.6 Å². The van der Waals surface area contributed by atoms with Crippen molar-refractivity contribution in [1.82, 2.24) is 15.1 Å². The fourth-order valence-corrected chi connectivity index (χ4v) is 3.45. The van der Waals surface area contributed by atoms with Gasteiger partial charge in [0.15, 0.2) is 0 Å². The highest BCUT2D eigenvalue weighted by Crippen LogP contribution is 2.25. The third-order valence-corrected chi connectivity index (χ3v) is 5.10. The number of aromatic nitrogens is 2. The first-order valence-electron chi connectivity index (χ1n) is 10.4. The molecule has 1 heterocycles. The van der Waals surface area contributed by atoms with Crippen LogP contribution in [-0.2, 0) is 0 Å². The summed E-state index contributed by atoms with van der Waals surface area (Å²) in [5.41, 5.74) is 2.84. The Bertz CT molecular complexity index is 1240. The van der Waals surface area contributed by atoms with Crippen LogP contribution < -0.4 is 10.1 Å². The fourth-order valence-electron chi connectivity index (χ4n) is 3.45. The molecular weight excluding hydrogens is 420 g/mol.